The maximum absolute atomic E-state index is 11.7. The van der Waals surface area contributed by atoms with E-state index in [9.17, 15) is 9.59 Å². The molecule has 0 aliphatic heterocycles. The number of rotatable bonds is 4. The summed E-state index contributed by atoms with van der Waals surface area (Å²) in [6.45, 7) is 2.21. The Morgan fingerprint density at radius 1 is 1.60 bits per heavy atom. The second kappa shape index (κ2) is 3.88. The fourth-order valence-corrected chi connectivity index (χ4v) is 1.72. The van der Waals surface area contributed by atoms with E-state index in [1.54, 1.807) is 0 Å². The molecule has 4 heteroatoms. The summed E-state index contributed by atoms with van der Waals surface area (Å²) in [5, 5.41) is 2.51. The molecule has 0 radical (unpaired) electrons. The monoisotopic (exact) mass is 206 g/mol. The number of hydrogen-bond acceptors (Lipinski definition) is 2. The first kappa shape index (κ1) is 9.96. The Labute approximate surface area is 87.7 Å². The number of aromatic nitrogens is 1. The van der Waals surface area contributed by atoms with Crippen LogP contribution in [0.1, 0.15) is 35.6 Å². The van der Waals surface area contributed by atoms with E-state index in [0.717, 1.165) is 11.3 Å². The maximum Gasteiger partial charge on any atom is 0.253 e. The standard InChI is InChI=1S/C11H14N2O2/c1-7-4-10(8-2-3-8)13-11(15)9(7)5-12-6-14/h4,6,8H,2-3,5H2,1H3,(H,12,14)(H,13,15). The van der Waals surface area contributed by atoms with Crippen molar-refractivity contribution in [3.05, 3.63) is 33.2 Å². The van der Waals surface area contributed by atoms with Gasteiger partial charge < -0.3 is 10.3 Å². The van der Waals surface area contributed by atoms with Gasteiger partial charge in [-0.15, -0.1) is 0 Å². The van der Waals surface area contributed by atoms with Gasteiger partial charge in [-0.3, -0.25) is 9.59 Å². The van der Waals surface area contributed by atoms with Gasteiger partial charge in [0.05, 0.1) is 0 Å². The van der Waals surface area contributed by atoms with E-state index in [0.29, 0.717) is 24.4 Å². The number of carbonyl (C=O) groups is 1. The number of carbonyl (C=O) groups excluding carboxylic acids is 1. The highest BCUT2D eigenvalue weighted by Gasteiger charge is 2.25. The minimum atomic E-state index is -0.0775. The van der Waals surface area contributed by atoms with Crippen LogP contribution in [-0.4, -0.2) is 11.4 Å². The number of aryl methyl sites for hydroxylation is 1. The van der Waals surface area contributed by atoms with Gasteiger partial charge >= 0.3 is 0 Å². The molecule has 0 aromatic carbocycles. The molecule has 0 atom stereocenters. The van der Waals surface area contributed by atoms with Gasteiger partial charge in [0.2, 0.25) is 6.41 Å². The topological polar surface area (TPSA) is 62.0 Å². The highest BCUT2D eigenvalue weighted by atomic mass is 16.1. The molecular formula is C11H14N2O2. The zero-order valence-electron chi connectivity index (χ0n) is 8.67. The molecule has 0 bridgehead atoms. The van der Waals surface area contributed by atoms with Crippen LogP contribution in [0.25, 0.3) is 0 Å². The molecule has 2 rings (SSSR count). The van der Waals surface area contributed by atoms with Crippen LogP contribution in [0.3, 0.4) is 0 Å². The zero-order chi connectivity index (χ0) is 10.8. The number of nitrogens with one attached hydrogen (secondary N) is 2. The predicted octanol–water partition coefficient (Wildman–Crippen LogP) is 0.807. The van der Waals surface area contributed by atoms with E-state index in [2.05, 4.69) is 10.3 Å². The molecule has 1 aliphatic rings. The van der Waals surface area contributed by atoms with E-state index in [1.807, 2.05) is 13.0 Å². The number of H-pyrrole nitrogens is 1. The van der Waals surface area contributed by atoms with E-state index in [1.165, 1.54) is 12.8 Å². The van der Waals surface area contributed by atoms with Crippen LogP contribution < -0.4 is 10.9 Å². The largest absolute Gasteiger partial charge is 0.354 e. The molecular weight excluding hydrogens is 192 g/mol. The lowest BCUT2D eigenvalue weighted by Gasteiger charge is -2.06. The second-order valence-electron chi connectivity index (χ2n) is 3.99. The summed E-state index contributed by atoms with van der Waals surface area (Å²) in [4.78, 5) is 24.7. The highest BCUT2D eigenvalue weighted by molar-refractivity contribution is 5.46. The number of amides is 1. The average molecular weight is 206 g/mol. The summed E-state index contributed by atoms with van der Waals surface area (Å²) in [5.74, 6) is 0.546. The van der Waals surface area contributed by atoms with Gasteiger partial charge in [0, 0.05) is 17.8 Å². The van der Waals surface area contributed by atoms with Crippen molar-refractivity contribution in [1.29, 1.82) is 0 Å². The number of hydrogen-bond donors (Lipinski definition) is 2. The Morgan fingerprint density at radius 3 is 2.87 bits per heavy atom. The lowest BCUT2D eigenvalue weighted by atomic mass is 10.1. The Bertz CT molecular complexity index is 433. The quantitative estimate of drug-likeness (QED) is 0.716. The first-order valence-electron chi connectivity index (χ1n) is 5.12. The second-order valence-corrected chi connectivity index (χ2v) is 3.99. The normalized spacial score (nSPS) is 15.0. The Morgan fingerprint density at radius 2 is 2.33 bits per heavy atom. The number of pyridine rings is 1. The van der Waals surface area contributed by atoms with E-state index < -0.39 is 0 Å². The molecule has 0 unspecified atom stereocenters. The summed E-state index contributed by atoms with van der Waals surface area (Å²) in [5.41, 5.74) is 2.56. The molecule has 1 saturated carbocycles. The molecule has 15 heavy (non-hydrogen) atoms. The molecule has 1 heterocycles. The lowest BCUT2D eigenvalue weighted by Crippen LogP contribution is -2.22. The van der Waals surface area contributed by atoms with E-state index >= 15 is 0 Å². The fourth-order valence-electron chi connectivity index (χ4n) is 1.72. The van der Waals surface area contributed by atoms with Crippen LogP contribution in [0.15, 0.2) is 10.9 Å². The first-order chi connectivity index (χ1) is 7.22. The fraction of sp³-hybridized carbons (Fsp3) is 0.455. The summed E-state index contributed by atoms with van der Waals surface area (Å²) < 4.78 is 0. The van der Waals surface area contributed by atoms with Crippen molar-refractivity contribution in [1.82, 2.24) is 10.3 Å². The summed E-state index contributed by atoms with van der Waals surface area (Å²) in [7, 11) is 0. The minimum absolute atomic E-state index is 0.0775. The van der Waals surface area contributed by atoms with Gasteiger partial charge in [-0.2, -0.15) is 0 Å². The molecule has 1 aromatic heterocycles. The number of aromatic amines is 1. The third kappa shape index (κ3) is 2.09. The molecule has 0 spiro atoms. The Kier molecular flexibility index (Phi) is 2.58. The van der Waals surface area contributed by atoms with Crippen LogP contribution in [0.2, 0.25) is 0 Å². The van der Waals surface area contributed by atoms with Gasteiger partial charge in [-0.1, -0.05) is 0 Å². The SMILES string of the molecule is Cc1cc(C2CC2)[nH]c(=O)c1CNC=O. The smallest absolute Gasteiger partial charge is 0.253 e. The van der Waals surface area contributed by atoms with Crippen molar-refractivity contribution in [2.75, 3.05) is 0 Å². The van der Waals surface area contributed by atoms with Crippen LogP contribution in [-0.2, 0) is 11.3 Å². The van der Waals surface area contributed by atoms with E-state index in [4.69, 9.17) is 0 Å². The van der Waals surface area contributed by atoms with Crippen LogP contribution in [0.4, 0.5) is 0 Å². The van der Waals surface area contributed by atoms with Crippen molar-refractivity contribution >= 4 is 6.41 Å². The van der Waals surface area contributed by atoms with E-state index in [-0.39, 0.29) is 5.56 Å². The molecule has 0 saturated heterocycles. The molecule has 1 fully saturated rings. The Hall–Kier alpha value is -1.58. The van der Waals surface area contributed by atoms with Gasteiger partial charge in [0.15, 0.2) is 0 Å². The average Bonchev–Trinajstić information content (AvgIpc) is 2.99. The summed E-state index contributed by atoms with van der Waals surface area (Å²) >= 11 is 0. The third-order valence-electron chi connectivity index (χ3n) is 2.76. The van der Waals surface area contributed by atoms with Gasteiger partial charge in [-0.05, 0) is 37.3 Å². The molecule has 2 N–H and O–H groups in total. The maximum atomic E-state index is 11.7. The lowest BCUT2D eigenvalue weighted by molar-refractivity contribution is -0.109. The zero-order valence-corrected chi connectivity index (χ0v) is 8.67. The summed E-state index contributed by atoms with van der Waals surface area (Å²) in [6.07, 6.45) is 2.94. The first-order valence-corrected chi connectivity index (χ1v) is 5.12. The predicted molar refractivity (Wildman–Crippen MR) is 56.7 cm³/mol. The molecule has 4 nitrogen and oxygen atoms in total. The Balaban J connectivity index is 2.30. The van der Waals surface area contributed by atoms with Gasteiger partial charge in [0.25, 0.3) is 5.56 Å². The van der Waals surface area contributed by atoms with Crippen molar-refractivity contribution in [2.24, 2.45) is 0 Å². The highest BCUT2D eigenvalue weighted by Crippen LogP contribution is 2.38. The van der Waals surface area contributed by atoms with Crippen LogP contribution in [0.5, 0.6) is 0 Å². The van der Waals surface area contributed by atoms with Gasteiger partial charge in [-0.25, -0.2) is 0 Å². The minimum Gasteiger partial charge on any atom is -0.354 e. The molecule has 1 amide bonds. The summed E-state index contributed by atoms with van der Waals surface area (Å²) in [6, 6.07) is 2.01. The van der Waals surface area contributed by atoms with Crippen molar-refractivity contribution in [3.63, 3.8) is 0 Å². The van der Waals surface area contributed by atoms with Crippen molar-refractivity contribution in [3.8, 4) is 0 Å². The van der Waals surface area contributed by atoms with Crippen molar-refractivity contribution in [2.45, 2.75) is 32.2 Å². The van der Waals surface area contributed by atoms with Gasteiger partial charge in [0.1, 0.15) is 0 Å². The molecule has 1 aromatic rings. The van der Waals surface area contributed by atoms with Crippen molar-refractivity contribution < 1.29 is 4.79 Å². The van der Waals surface area contributed by atoms with Crippen LogP contribution in [0, 0.1) is 6.92 Å². The third-order valence-corrected chi connectivity index (χ3v) is 2.76. The molecule has 1 aliphatic carbocycles. The van der Waals surface area contributed by atoms with Crippen LogP contribution >= 0.6 is 0 Å². The molecule has 80 valence electrons.